The second-order valence-electron chi connectivity index (χ2n) is 5.94. The summed E-state index contributed by atoms with van der Waals surface area (Å²) in [5, 5.41) is 6.75. The Bertz CT molecular complexity index is 450. The van der Waals surface area contributed by atoms with Gasteiger partial charge in [0.1, 0.15) is 0 Å². The van der Waals surface area contributed by atoms with Gasteiger partial charge in [0.2, 0.25) is 0 Å². The molecule has 1 aliphatic heterocycles. The van der Waals surface area contributed by atoms with Crippen LogP contribution in [0.1, 0.15) is 33.1 Å². The summed E-state index contributed by atoms with van der Waals surface area (Å²) in [7, 11) is 0. The Hall–Kier alpha value is -0.980. The number of halogens is 1. The summed E-state index contributed by atoms with van der Waals surface area (Å²) < 4.78 is 0. The number of rotatable bonds is 7. The SMILES string of the molecule is CCCCNC(=NCC1CCN(c2ccccc2)C1)NCC.I. The maximum atomic E-state index is 4.76. The predicted molar refractivity (Wildman–Crippen MR) is 111 cm³/mol. The Morgan fingerprint density at radius 3 is 2.70 bits per heavy atom. The molecule has 0 spiro atoms. The van der Waals surface area contributed by atoms with Crippen molar-refractivity contribution in [2.24, 2.45) is 10.9 Å². The summed E-state index contributed by atoms with van der Waals surface area (Å²) in [6.07, 6.45) is 3.63. The molecule has 1 atom stereocenters. The van der Waals surface area contributed by atoms with E-state index in [0.717, 1.165) is 38.7 Å². The summed E-state index contributed by atoms with van der Waals surface area (Å²) in [6, 6.07) is 10.7. The van der Waals surface area contributed by atoms with Gasteiger partial charge in [0.25, 0.3) is 0 Å². The van der Waals surface area contributed by atoms with Gasteiger partial charge in [0, 0.05) is 38.4 Å². The summed E-state index contributed by atoms with van der Waals surface area (Å²) in [4.78, 5) is 7.23. The minimum absolute atomic E-state index is 0. The number of guanidine groups is 1. The zero-order chi connectivity index (χ0) is 15.6. The zero-order valence-electron chi connectivity index (χ0n) is 14.4. The first-order chi connectivity index (χ1) is 10.8. The van der Waals surface area contributed by atoms with E-state index in [2.05, 4.69) is 59.7 Å². The zero-order valence-corrected chi connectivity index (χ0v) is 16.8. The number of para-hydroxylation sites is 1. The van der Waals surface area contributed by atoms with Crippen LogP contribution in [0.15, 0.2) is 35.3 Å². The number of hydrogen-bond acceptors (Lipinski definition) is 2. The lowest BCUT2D eigenvalue weighted by Crippen LogP contribution is -2.38. The van der Waals surface area contributed by atoms with Crippen LogP contribution in [0, 0.1) is 5.92 Å². The summed E-state index contributed by atoms with van der Waals surface area (Å²) in [5.74, 6) is 1.62. The molecule has 1 fully saturated rings. The van der Waals surface area contributed by atoms with Gasteiger partial charge in [-0.05, 0) is 37.8 Å². The van der Waals surface area contributed by atoms with E-state index in [-0.39, 0.29) is 24.0 Å². The largest absolute Gasteiger partial charge is 0.371 e. The molecular weight excluding hydrogens is 399 g/mol. The molecule has 0 radical (unpaired) electrons. The fourth-order valence-corrected chi connectivity index (χ4v) is 2.80. The Morgan fingerprint density at radius 2 is 2.00 bits per heavy atom. The second-order valence-corrected chi connectivity index (χ2v) is 5.94. The molecule has 0 saturated carbocycles. The number of unbranched alkanes of at least 4 members (excludes halogenated alkanes) is 1. The van der Waals surface area contributed by atoms with Crippen molar-refractivity contribution in [1.82, 2.24) is 10.6 Å². The first-order valence-electron chi connectivity index (χ1n) is 8.65. The molecule has 1 saturated heterocycles. The number of nitrogens with zero attached hydrogens (tertiary/aromatic N) is 2. The second kappa shape index (κ2) is 11.5. The standard InChI is InChI=1S/C18H30N4.HI/c1-3-5-12-20-18(19-4-2)21-14-16-11-13-22(15-16)17-9-7-6-8-10-17;/h6-10,16H,3-5,11-15H2,1-2H3,(H2,19,20,21);1H. The lowest BCUT2D eigenvalue weighted by Gasteiger charge is -2.18. The highest BCUT2D eigenvalue weighted by Gasteiger charge is 2.22. The quantitative estimate of drug-likeness (QED) is 0.301. The Labute approximate surface area is 158 Å². The van der Waals surface area contributed by atoms with Crippen molar-refractivity contribution in [2.45, 2.75) is 33.1 Å². The molecule has 1 unspecified atom stereocenters. The van der Waals surface area contributed by atoms with Gasteiger partial charge in [-0.2, -0.15) is 0 Å². The van der Waals surface area contributed by atoms with Gasteiger partial charge in [-0.3, -0.25) is 4.99 Å². The highest BCUT2D eigenvalue weighted by molar-refractivity contribution is 14.0. The molecule has 2 N–H and O–H groups in total. The van der Waals surface area contributed by atoms with Crippen molar-refractivity contribution < 1.29 is 0 Å². The fraction of sp³-hybridized carbons (Fsp3) is 0.611. The van der Waals surface area contributed by atoms with E-state index in [1.807, 2.05) is 0 Å². The van der Waals surface area contributed by atoms with Crippen LogP contribution in [0.3, 0.4) is 0 Å². The van der Waals surface area contributed by atoms with E-state index in [0.29, 0.717) is 5.92 Å². The number of aliphatic imine (C=N–C) groups is 1. The van der Waals surface area contributed by atoms with Crippen molar-refractivity contribution in [3.05, 3.63) is 30.3 Å². The van der Waals surface area contributed by atoms with E-state index in [4.69, 9.17) is 4.99 Å². The van der Waals surface area contributed by atoms with Crippen molar-refractivity contribution in [1.29, 1.82) is 0 Å². The van der Waals surface area contributed by atoms with Gasteiger partial charge in [0.15, 0.2) is 5.96 Å². The van der Waals surface area contributed by atoms with Gasteiger partial charge in [-0.25, -0.2) is 0 Å². The van der Waals surface area contributed by atoms with Gasteiger partial charge < -0.3 is 15.5 Å². The number of anilines is 1. The third-order valence-electron chi connectivity index (χ3n) is 4.08. The molecule has 23 heavy (non-hydrogen) atoms. The summed E-state index contributed by atoms with van der Waals surface area (Å²) in [6.45, 7) is 9.41. The molecule has 5 heteroatoms. The van der Waals surface area contributed by atoms with Crippen LogP contribution in [0.2, 0.25) is 0 Å². The summed E-state index contributed by atoms with van der Waals surface area (Å²) in [5.41, 5.74) is 1.34. The first-order valence-corrected chi connectivity index (χ1v) is 8.65. The van der Waals surface area contributed by atoms with Crippen LogP contribution in [-0.4, -0.2) is 38.7 Å². The van der Waals surface area contributed by atoms with Crippen LogP contribution in [0.4, 0.5) is 5.69 Å². The van der Waals surface area contributed by atoms with Crippen molar-refractivity contribution >= 4 is 35.6 Å². The lowest BCUT2D eigenvalue weighted by molar-refractivity contribution is 0.598. The van der Waals surface area contributed by atoms with Crippen LogP contribution in [0.5, 0.6) is 0 Å². The van der Waals surface area contributed by atoms with E-state index in [1.54, 1.807) is 0 Å². The lowest BCUT2D eigenvalue weighted by atomic mass is 10.1. The van der Waals surface area contributed by atoms with E-state index in [1.165, 1.54) is 24.9 Å². The molecule has 1 heterocycles. The number of benzene rings is 1. The first kappa shape index (κ1) is 20.1. The molecule has 0 bridgehead atoms. The maximum absolute atomic E-state index is 4.76. The molecule has 1 aliphatic rings. The Morgan fingerprint density at radius 1 is 1.22 bits per heavy atom. The minimum Gasteiger partial charge on any atom is -0.371 e. The molecule has 2 rings (SSSR count). The molecule has 4 nitrogen and oxygen atoms in total. The Balaban J connectivity index is 0.00000264. The van der Waals surface area contributed by atoms with Crippen LogP contribution >= 0.6 is 24.0 Å². The maximum Gasteiger partial charge on any atom is 0.191 e. The normalized spacial score (nSPS) is 17.7. The fourth-order valence-electron chi connectivity index (χ4n) is 2.80. The van der Waals surface area contributed by atoms with Crippen LogP contribution < -0.4 is 15.5 Å². The van der Waals surface area contributed by atoms with E-state index < -0.39 is 0 Å². The van der Waals surface area contributed by atoms with Crippen LogP contribution in [0.25, 0.3) is 0 Å². The molecule has 0 aromatic heterocycles. The summed E-state index contributed by atoms with van der Waals surface area (Å²) >= 11 is 0. The minimum atomic E-state index is 0. The molecule has 1 aromatic rings. The van der Waals surface area contributed by atoms with E-state index in [9.17, 15) is 0 Å². The third-order valence-corrected chi connectivity index (χ3v) is 4.08. The van der Waals surface area contributed by atoms with Gasteiger partial charge >= 0.3 is 0 Å². The molecular formula is C18H31IN4. The molecule has 0 amide bonds. The van der Waals surface area contributed by atoms with Gasteiger partial charge in [-0.15, -0.1) is 24.0 Å². The topological polar surface area (TPSA) is 39.7 Å². The predicted octanol–water partition coefficient (Wildman–Crippen LogP) is 3.49. The van der Waals surface area contributed by atoms with Gasteiger partial charge in [0.05, 0.1) is 0 Å². The average Bonchev–Trinajstić information content (AvgIpc) is 3.03. The monoisotopic (exact) mass is 430 g/mol. The third kappa shape index (κ3) is 6.97. The van der Waals surface area contributed by atoms with Crippen molar-refractivity contribution in [3.63, 3.8) is 0 Å². The van der Waals surface area contributed by atoms with Crippen molar-refractivity contribution in [3.8, 4) is 0 Å². The Kier molecular flexibility index (Phi) is 10.1. The molecule has 1 aromatic carbocycles. The number of nitrogens with one attached hydrogen (secondary N) is 2. The average molecular weight is 430 g/mol. The van der Waals surface area contributed by atoms with Gasteiger partial charge in [-0.1, -0.05) is 31.5 Å². The smallest absolute Gasteiger partial charge is 0.191 e. The molecule has 130 valence electrons. The highest BCUT2D eigenvalue weighted by Crippen LogP contribution is 2.23. The van der Waals surface area contributed by atoms with Crippen molar-refractivity contribution in [2.75, 3.05) is 37.6 Å². The number of hydrogen-bond donors (Lipinski definition) is 2. The molecule has 0 aliphatic carbocycles. The van der Waals surface area contributed by atoms with Crippen LogP contribution in [-0.2, 0) is 0 Å². The van der Waals surface area contributed by atoms with E-state index >= 15 is 0 Å². The highest BCUT2D eigenvalue weighted by atomic mass is 127.